The zero-order valence-electron chi connectivity index (χ0n) is 11.0. The van der Waals surface area contributed by atoms with E-state index in [9.17, 15) is 9.18 Å². The first-order valence-electron chi connectivity index (χ1n) is 6.96. The van der Waals surface area contributed by atoms with Gasteiger partial charge in [0.05, 0.1) is 17.4 Å². The summed E-state index contributed by atoms with van der Waals surface area (Å²) >= 11 is 0. The van der Waals surface area contributed by atoms with Crippen molar-refractivity contribution in [2.75, 3.05) is 13.1 Å². The summed E-state index contributed by atoms with van der Waals surface area (Å²) in [6.45, 7) is 4.37. The fraction of sp³-hybridized carbons (Fsp3) is 0.600. The van der Waals surface area contributed by atoms with Gasteiger partial charge in [-0.2, -0.15) is 0 Å². The van der Waals surface area contributed by atoms with Crippen LogP contribution in [0.3, 0.4) is 0 Å². The highest BCUT2D eigenvalue weighted by molar-refractivity contribution is 5.85. The SMILES string of the molecule is C=C(F)C1(C(CN)C(=O)N2CCC3=C=C32)CCCC1. The molecule has 0 aromatic heterocycles. The van der Waals surface area contributed by atoms with Crippen molar-refractivity contribution < 1.29 is 9.18 Å². The predicted octanol–water partition coefficient (Wildman–Crippen LogP) is 2.26. The van der Waals surface area contributed by atoms with Crippen molar-refractivity contribution in [1.82, 2.24) is 4.90 Å². The van der Waals surface area contributed by atoms with Crippen LogP contribution in [0, 0.1) is 11.3 Å². The van der Waals surface area contributed by atoms with Crippen molar-refractivity contribution in [3.8, 4) is 0 Å². The van der Waals surface area contributed by atoms with Gasteiger partial charge in [0.15, 0.2) is 0 Å². The molecule has 0 spiro atoms. The molecule has 0 aromatic rings. The Bertz CT molecular complexity index is 510. The van der Waals surface area contributed by atoms with Gasteiger partial charge in [0.1, 0.15) is 0 Å². The molecule has 3 aliphatic rings. The third-order valence-electron chi connectivity index (χ3n) is 4.85. The Morgan fingerprint density at radius 1 is 1.53 bits per heavy atom. The van der Waals surface area contributed by atoms with Crippen LogP contribution in [0.25, 0.3) is 0 Å². The summed E-state index contributed by atoms with van der Waals surface area (Å²) in [5, 5.41) is 0. The number of allylic oxidation sites excluding steroid dienone is 1. The monoisotopic (exact) mass is 262 g/mol. The Labute approximate surface area is 112 Å². The molecule has 4 heteroatoms. The zero-order chi connectivity index (χ0) is 13.6. The van der Waals surface area contributed by atoms with Crippen LogP contribution in [0.2, 0.25) is 0 Å². The molecule has 0 bridgehead atoms. The lowest BCUT2D eigenvalue weighted by molar-refractivity contribution is -0.136. The van der Waals surface area contributed by atoms with Crippen LogP contribution in [-0.2, 0) is 4.79 Å². The average Bonchev–Trinajstić information content (AvgIpc) is 2.84. The zero-order valence-corrected chi connectivity index (χ0v) is 11.0. The van der Waals surface area contributed by atoms with Gasteiger partial charge in [0, 0.05) is 30.5 Å². The topological polar surface area (TPSA) is 46.3 Å². The van der Waals surface area contributed by atoms with E-state index in [2.05, 4.69) is 12.3 Å². The summed E-state index contributed by atoms with van der Waals surface area (Å²) in [7, 11) is 0. The van der Waals surface area contributed by atoms with Gasteiger partial charge in [-0.15, -0.1) is 0 Å². The molecule has 1 amide bonds. The van der Waals surface area contributed by atoms with Crippen LogP contribution in [0.4, 0.5) is 4.39 Å². The molecule has 1 saturated heterocycles. The average molecular weight is 262 g/mol. The number of nitrogens with zero attached hydrogens (tertiary/aromatic N) is 1. The number of carbonyl (C=O) groups excluding carboxylic acids is 1. The van der Waals surface area contributed by atoms with Crippen molar-refractivity contribution in [2.45, 2.75) is 32.1 Å². The quantitative estimate of drug-likeness (QED) is 0.790. The fourth-order valence-corrected chi connectivity index (χ4v) is 3.64. The third-order valence-corrected chi connectivity index (χ3v) is 4.85. The molecule has 0 aromatic carbocycles. The Balaban J connectivity index is 1.84. The van der Waals surface area contributed by atoms with Crippen LogP contribution < -0.4 is 5.73 Å². The smallest absolute Gasteiger partial charge is 0.232 e. The molecule has 102 valence electrons. The van der Waals surface area contributed by atoms with E-state index in [0.717, 1.165) is 30.5 Å². The molecule has 1 unspecified atom stereocenters. The normalized spacial score (nSPS) is 24.6. The van der Waals surface area contributed by atoms with Crippen molar-refractivity contribution in [3.05, 3.63) is 29.4 Å². The lowest BCUT2D eigenvalue weighted by Gasteiger charge is -2.36. The van der Waals surface area contributed by atoms with E-state index in [1.165, 1.54) is 0 Å². The maximum absolute atomic E-state index is 14.0. The number of hydrogen-bond donors (Lipinski definition) is 1. The Morgan fingerprint density at radius 3 is 2.63 bits per heavy atom. The molecule has 2 aliphatic carbocycles. The lowest BCUT2D eigenvalue weighted by Crippen LogP contribution is -2.45. The van der Waals surface area contributed by atoms with Crippen LogP contribution >= 0.6 is 0 Å². The van der Waals surface area contributed by atoms with Gasteiger partial charge in [-0.25, -0.2) is 4.39 Å². The number of nitrogens with two attached hydrogens (primary N) is 1. The summed E-state index contributed by atoms with van der Waals surface area (Å²) in [6.07, 6.45) is 4.13. The lowest BCUT2D eigenvalue weighted by atomic mass is 9.72. The van der Waals surface area contributed by atoms with E-state index < -0.39 is 11.3 Å². The third kappa shape index (κ3) is 1.78. The van der Waals surface area contributed by atoms with E-state index in [-0.39, 0.29) is 18.3 Å². The largest absolute Gasteiger partial charge is 0.330 e. The van der Waals surface area contributed by atoms with Crippen molar-refractivity contribution in [1.29, 1.82) is 0 Å². The summed E-state index contributed by atoms with van der Waals surface area (Å²) in [6, 6.07) is 0. The first-order valence-corrected chi connectivity index (χ1v) is 6.96. The first kappa shape index (κ1) is 12.6. The Morgan fingerprint density at radius 2 is 2.21 bits per heavy atom. The van der Waals surface area contributed by atoms with Gasteiger partial charge in [-0.3, -0.25) is 4.79 Å². The minimum absolute atomic E-state index is 0.0433. The van der Waals surface area contributed by atoms with Crippen LogP contribution in [-0.4, -0.2) is 23.9 Å². The standard InChI is InChI=1S/C15H19FN2O/c1-10(16)15(5-2-3-6-15)12(9-17)14(19)18-7-4-11-8-13(11)18/h12H,1-7,9,17H2. The predicted molar refractivity (Wildman–Crippen MR) is 70.6 cm³/mol. The number of likely N-dealkylation sites (tertiary alicyclic amines) is 1. The number of halogens is 1. The van der Waals surface area contributed by atoms with Crippen LogP contribution in [0.15, 0.2) is 29.4 Å². The van der Waals surface area contributed by atoms with Crippen molar-refractivity contribution >= 4 is 5.91 Å². The van der Waals surface area contributed by atoms with E-state index in [1.807, 2.05) is 0 Å². The maximum atomic E-state index is 14.0. The van der Waals surface area contributed by atoms with Crippen LogP contribution in [0.5, 0.6) is 0 Å². The number of carbonyl (C=O) groups is 1. The Kier molecular flexibility index (Phi) is 2.88. The molecule has 1 saturated carbocycles. The Hall–Kier alpha value is -1.38. The summed E-state index contributed by atoms with van der Waals surface area (Å²) in [5.41, 5.74) is 10.2. The molecule has 3 rings (SSSR count). The van der Waals surface area contributed by atoms with E-state index in [1.54, 1.807) is 4.90 Å². The molecule has 1 heterocycles. The van der Waals surface area contributed by atoms with Gasteiger partial charge >= 0.3 is 0 Å². The minimum Gasteiger partial charge on any atom is -0.330 e. The van der Waals surface area contributed by atoms with Gasteiger partial charge in [0.25, 0.3) is 0 Å². The number of rotatable bonds is 4. The molecular weight excluding hydrogens is 243 g/mol. The molecule has 3 nitrogen and oxygen atoms in total. The second-order valence-electron chi connectivity index (χ2n) is 5.75. The van der Waals surface area contributed by atoms with Gasteiger partial charge in [-0.1, -0.05) is 25.2 Å². The molecule has 19 heavy (non-hydrogen) atoms. The van der Waals surface area contributed by atoms with Gasteiger partial charge < -0.3 is 10.6 Å². The molecular formula is C15H19FN2O. The van der Waals surface area contributed by atoms with Crippen molar-refractivity contribution in [2.24, 2.45) is 17.1 Å². The molecule has 2 fully saturated rings. The summed E-state index contributed by atoms with van der Waals surface area (Å²) < 4.78 is 14.0. The van der Waals surface area contributed by atoms with E-state index in [0.29, 0.717) is 19.4 Å². The second-order valence-corrected chi connectivity index (χ2v) is 5.75. The van der Waals surface area contributed by atoms with Crippen LogP contribution in [0.1, 0.15) is 32.1 Å². The number of amides is 1. The second kappa shape index (κ2) is 4.32. The highest BCUT2D eigenvalue weighted by Crippen LogP contribution is 2.51. The molecule has 0 radical (unpaired) electrons. The highest BCUT2D eigenvalue weighted by atomic mass is 19.1. The fourth-order valence-electron chi connectivity index (χ4n) is 3.64. The van der Waals surface area contributed by atoms with Gasteiger partial charge in [-0.05, 0) is 12.8 Å². The molecule has 1 atom stereocenters. The highest BCUT2D eigenvalue weighted by Gasteiger charge is 2.50. The molecule has 2 N–H and O–H groups in total. The summed E-state index contributed by atoms with van der Waals surface area (Å²) in [5.74, 6) is -0.897. The summed E-state index contributed by atoms with van der Waals surface area (Å²) in [4.78, 5) is 14.4. The van der Waals surface area contributed by atoms with Gasteiger partial charge in [0.2, 0.25) is 5.91 Å². The van der Waals surface area contributed by atoms with E-state index >= 15 is 0 Å². The number of hydrogen-bond acceptors (Lipinski definition) is 2. The maximum Gasteiger partial charge on any atom is 0.232 e. The first-order chi connectivity index (χ1) is 9.10. The molecule has 1 aliphatic heterocycles. The number of fused-ring (bicyclic) bond motifs is 1. The minimum atomic E-state index is -0.732. The van der Waals surface area contributed by atoms with E-state index in [4.69, 9.17) is 5.73 Å². The van der Waals surface area contributed by atoms with Crippen molar-refractivity contribution in [3.63, 3.8) is 0 Å².